The first-order valence-corrected chi connectivity index (χ1v) is 10.4. The number of amides is 1. The first kappa shape index (κ1) is 21.0. The highest BCUT2D eigenvalue weighted by atomic mass is 32.1. The highest BCUT2D eigenvalue weighted by Gasteiger charge is 2.34. The van der Waals surface area contributed by atoms with Crippen LogP contribution in [0.4, 0.5) is 29.0 Å². The number of ether oxygens (including phenoxy) is 1. The molecule has 0 bridgehead atoms. The molecule has 0 atom stereocenters. The van der Waals surface area contributed by atoms with Crippen LogP contribution in [0.3, 0.4) is 0 Å². The lowest BCUT2D eigenvalue weighted by Crippen LogP contribution is -2.14. The number of fused-ring (bicyclic) bond motifs is 1. The van der Waals surface area contributed by atoms with Gasteiger partial charge in [0.1, 0.15) is 5.00 Å². The van der Waals surface area contributed by atoms with Crippen molar-refractivity contribution in [3.63, 3.8) is 0 Å². The molecule has 0 aliphatic heterocycles. The van der Waals surface area contributed by atoms with Crippen LogP contribution in [0.15, 0.2) is 36.5 Å². The summed E-state index contributed by atoms with van der Waals surface area (Å²) in [4.78, 5) is 20.9. The first-order chi connectivity index (χ1) is 14.8. The maximum Gasteiger partial charge on any atom is 0.418 e. The molecule has 3 aromatic heterocycles. The van der Waals surface area contributed by atoms with E-state index in [-0.39, 0.29) is 16.2 Å². The van der Waals surface area contributed by atoms with E-state index in [0.717, 1.165) is 28.9 Å². The van der Waals surface area contributed by atoms with Gasteiger partial charge in [0, 0.05) is 6.07 Å². The number of rotatable bonds is 5. The van der Waals surface area contributed by atoms with Crippen molar-refractivity contribution in [3.8, 4) is 5.88 Å². The Bertz CT molecular complexity index is 1250. The summed E-state index contributed by atoms with van der Waals surface area (Å²) >= 11 is 2.08. The number of benzene rings is 1. The van der Waals surface area contributed by atoms with Gasteiger partial charge in [-0.25, -0.2) is 9.97 Å². The molecule has 7 nitrogen and oxygen atoms in total. The van der Waals surface area contributed by atoms with Crippen molar-refractivity contribution in [3.05, 3.63) is 53.3 Å². The number of carbonyl (C=O) groups excluding carboxylic acids is 1. The van der Waals surface area contributed by atoms with Gasteiger partial charge in [0.05, 0.1) is 46.0 Å². The molecule has 1 aromatic carbocycles. The van der Waals surface area contributed by atoms with Crippen LogP contribution in [-0.4, -0.2) is 27.4 Å². The van der Waals surface area contributed by atoms with Crippen LogP contribution in [0.2, 0.25) is 0 Å². The number of halogens is 3. The molecule has 0 spiro atoms. The van der Waals surface area contributed by atoms with Crippen LogP contribution in [0, 0.1) is 6.92 Å². The van der Waals surface area contributed by atoms with E-state index in [2.05, 4.69) is 25.0 Å². The number of methoxy groups -OCH3 is 1. The minimum absolute atomic E-state index is 0.140. The van der Waals surface area contributed by atoms with Crippen molar-refractivity contribution in [2.75, 3.05) is 17.7 Å². The molecule has 4 rings (SSSR count). The minimum Gasteiger partial charge on any atom is -0.481 e. The highest BCUT2D eigenvalue weighted by molar-refractivity contribution is 7.22. The zero-order chi connectivity index (χ0) is 22.2. The Morgan fingerprint density at radius 2 is 2.00 bits per heavy atom. The molecule has 160 valence electrons. The second-order valence-corrected chi connectivity index (χ2v) is 8.11. The summed E-state index contributed by atoms with van der Waals surface area (Å²) in [5.41, 5.74) is 0.260. The topological polar surface area (TPSA) is 89.0 Å². The third-order valence-electron chi connectivity index (χ3n) is 4.24. The summed E-state index contributed by atoms with van der Waals surface area (Å²) in [6, 6.07) is 7.14. The number of aryl methyl sites for hydroxylation is 1. The molecule has 3 heterocycles. The van der Waals surface area contributed by atoms with E-state index in [9.17, 15) is 18.0 Å². The molecule has 31 heavy (non-hydrogen) atoms. The fourth-order valence-corrected chi connectivity index (χ4v) is 4.57. The van der Waals surface area contributed by atoms with Crippen molar-refractivity contribution in [1.29, 1.82) is 0 Å². The van der Waals surface area contributed by atoms with Gasteiger partial charge in [-0.3, -0.25) is 4.79 Å². The van der Waals surface area contributed by atoms with Gasteiger partial charge in [-0.05, 0) is 36.7 Å². The summed E-state index contributed by atoms with van der Waals surface area (Å²) in [7, 11) is 1.48. The quantitative estimate of drug-likeness (QED) is 0.406. The Morgan fingerprint density at radius 1 is 1.19 bits per heavy atom. The highest BCUT2D eigenvalue weighted by Crippen LogP contribution is 2.39. The molecule has 12 heteroatoms. The van der Waals surface area contributed by atoms with E-state index < -0.39 is 17.6 Å². The lowest BCUT2D eigenvalue weighted by atomic mass is 10.2. The van der Waals surface area contributed by atoms with Crippen molar-refractivity contribution >= 4 is 54.8 Å². The van der Waals surface area contributed by atoms with Crippen molar-refractivity contribution in [2.24, 2.45) is 0 Å². The third kappa shape index (κ3) is 4.30. The number of alkyl halides is 3. The average molecular weight is 465 g/mol. The first-order valence-electron chi connectivity index (χ1n) is 8.77. The fraction of sp³-hybridized carbons (Fsp3) is 0.158. The summed E-state index contributed by atoms with van der Waals surface area (Å²) < 4.78 is 49.3. The summed E-state index contributed by atoms with van der Waals surface area (Å²) in [6.45, 7) is 1.67. The molecule has 0 aliphatic carbocycles. The Hall–Kier alpha value is -3.25. The van der Waals surface area contributed by atoms with Crippen LogP contribution >= 0.6 is 22.9 Å². The second-order valence-electron chi connectivity index (χ2n) is 6.31. The van der Waals surface area contributed by atoms with E-state index in [1.165, 1.54) is 19.4 Å². The number of aromatic nitrogens is 3. The van der Waals surface area contributed by atoms with Gasteiger partial charge in [-0.1, -0.05) is 17.4 Å². The molecule has 0 aliphatic rings. The maximum atomic E-state index is 13.3. The Labute approximate surface area is 182 Å². The molecule has 0 saturated carbocycles. The van der Waals surface area contributed by atoms with Crippen LogP contribution in [0.25, 0.3) is 10.2 Å². The predicted molar refractivity (Wildman–Crippen MR) is 113 cm³/mol. The number of para-hydroxylation sites is 1. The van der Waals surface area contributed by atoms with Gasteiger partial charge in [-0.2, -0.15) is 17.5 Å². The number of nitrogens with zero attached hydrogens (tertiary/aromatic N) is 3. The smallest absolute Gasteiger partial charge is 0.418 e. The van der Waals surface area contributed by atoms with Gasteiger partial charge in [0.15, 0.2) is 5.13 Å². The number of hydrogen-bond donors (Lipinski definition) is 2. The molecule has 4 aromatic rings. The zero-order valence-corrected chi connectivity index (χ0v) is 17.7. The SMILES string of the molecule is COc1ccc(NC(=O)c2c(C)nsc2Nc2nc3c(C(F)(F)F)cccc3s2)cn1. The molecule has 1 amide bonds. The number of thiazole rings is 1. The van der Waals surface area contributed by atoms with Gasteiger partial charge in [0.25, 0.3) is 5.91 Å². The number of anilines is 3. The molecule has 0 saturated heterocycles. The average Bonchev–Trinajstić information content (AvgIpc) is 3.30. The van der Waals surface area contributed by atoms with Crippen LogP contribution < -0.4 is 15.4 Å². The van der Waals surface area contributed by atoms with E-state index in [1.54, 1.807) is 25.1 Å². The molecule has 0 fully saturated rings. The Morgan fingerprint density at radius 3 is 2.68 bits per heavy atom. The van der Waals surface area contributed by atoms with Crippen LogP contribution in [0.5, 0.6) is 5.88 Å². The normalized spacial score (nSPS) is 11.5. The zero-order valence-electron chi connectivity index (χ0n) is 16.1. The molecule has 2 N–H and O–H groups in total. The lowest BCUT2D eigenvalue weighted by Gasteiger charge is -2.07. The monoisotopic (exact) mass is 465 g/mol. The fourth-order valence-electron chi connectivity index (χ4n) is 2.82. The van der Waals surface area contributed by atoms with E-state index in [4.69, 9.17) is 4.74 Å². The number of carbonyl (C=O) groups is 1. The van der Waals surface area contributed by atoms with E-state index >= 15 is 0 Å². The van der Waals surface area contributed by atoms with E-state index in [1.807, 2.05) is 0 Å². The van der Waals surface area contributed by atoms with Crippen molar-refractivity contribution in [1.82, 2.24) is 14.3 Å². The molecular formula is C19H14F3N5O2S2. The Balaban J connectivity index is 1.61. The standard InChI is InChI=1S/C19H14F3N5O2S2/c1-9-14(16(28)24-10-6-7-13(29-2)23-8-10)17(31-27-9)26-18-25-15-11(19(20,21)22)4-3-5-12(15)30-18/h3-8H,1-2H3,(H,24,28)(H,25,26). The summed E-state index contributed by atoms with van der Waals surface area (Å²) in [5.74, 6) is -0.0272. The Kier molecular flexibility index (Phi) is 5.50. The number of pyridine rings is 1. The van der Waals surface area contributed by atoms with Crippen molar-refractivity contribution < 1.29 is 22.7 Å². The molecular weight excluding hydrogens is 451 g/mol. The van der Waals surface area contributed by atoms with Gasteiger partial charge >= 0.3 is 6.18 Å². The van der Waals surface area contributed by atoms with Crippen LogP contribution in [0.1, 0.15) is 21.6 Å². The number of hydrogen-bond acceptors (Lipinski definition) is 8. The third-order valence-corrected chi connectivity index (χ3v) is 6.03. The minimum atomic E-state index is -4.51. The number of nitrogens with one attached hydrogen (secondary N) is 2. The summed E-state index contributed by atoms with van der Waals surface area (Å²) in [5, 5.41) is 6.28. The van der Waals surface area contributed by atoms with E-state index in [0.29, 0.717) is 27.0 Å². The second kappa shape index (κ2) is 8.12. The largest absolute Gasteiger partial charge is 0.481 e. The van der Waals surface area contributed by atoms with Crippen molar-refractivity contribution in [2.45, 2.75) is 13.1 Å². The maximum absolute atomic E-state index is 13.3. The van der Waals surface area contributed by atoms with Crippen LogP contribution in [-0.2, 0) is 6.18 Å². The molecule has 0 radical (unpaired) electrons. The van der Waals surface area contributed by atoms with Gasteiger partial charge < -0.3 is 15.4 Å². The van der Waals surface area contributed by atoms with Gasteiger partial charge in [-0.15, -0.1) is 0 Å². The molecule has 0 unspecified atom stereocenters. The van der Waals surface area contributed by atoms with Gasteiger partial charge in [0.2, 0.25) is 5.88 Å². The lowest BCUT2D eigenvalue weighted by molar-refractivity contribution is -0.136. The predicted octanol–water partition coefficient (Wildman–Crippen LogP) is 5.48. The summed E-state index contributed by atoms with van der Waals surface area (Å²) in [6.07, 6.45) is -3.06.